The van der Waals surface area contributed by atoms with Gasteiger partial charge >= 0.3 is 0 Å². The molecule has 0 saturated heterocycles. The van der Waals surface area contributed by atoms with Crippen molar-refractivity contribution in [2.75, 3.05) is 26.3 Å². The number of ether oxygens (including phenoxy) is 1. The standard InChI is InChI=1S/C8H17N3O3/c1-3-11(5-7(9)10-13)8(12)6-14-4-2/h13H,3-6H2,1-2H3,(H2,9,10). The first-order chi connectivity index (χ1) is 6.65. The molecule has 0 aromatic rings. The Labute approximate surface area is 83.3 Å². The molecule has 0 rings (SSSR count). The molecule has 0 atom stereocenters. The zero-order valence-electron chi connectivity index (χ0n) is 8.56. The Balaban J connectivity index is 4.05. The molecule has 0 aromatic carbocycles. The van der Waals surface area contributed by atoms with Crippen LogP contribution in [-0.4, -0.2) is 48.2 Å². The highest BCUT2D eigenvalue weighted by atomic mass is 16.5. The number of amidine groups is 1. The minimum Gasteiger partial charge on any atom is -0.409 e. The number of oxime groups is 1. The third-order valence-electron chi connectivity index (χ3n) is 1.65. The maximum atomic E-state index is 11.4. The number of carbonyl (C=O) groups excluding carboxylic acids is 1. The maximum absolute atomic E-state index is 11.4. The maximum Gasteiger partial charge on any atom is 0.248 e. The van der Waals surface area contributed by atoms with E-state index >= 15 is 0 Å². The Bertz CT molecular complexity index is 206. The molecule has 0 radical (unpaired) electrons. The summed E-state index contributed by atoms with van der Waals surface area (Å²) in [5, 5.41) is 11.1. The van der Waals surface area contributed by atoms with Crippen LogP contribution in [-0.2, 0) is 9.53 Å². The van der Waals surface area contributed by atoms with Crippen molar-refractivity contribution < 1.29 is 14.7 Å². The highest BCUT2D eigenvalue weighted by molar-refractivity contribution is 5.87. The molecule has 0 spiro atoms. The van der Waals surface area contributed by atoms with Crippen LogP contribution in [0.3, 0.4) is 0 Å². The van der Waals surface area contributed by atoms with E-state index in [1.165, 1.54) is 4.90 Å². The van der Waals surface area contributed by atoms with Gasteiger partial charge in [0, 0.05) is 13.2 Å². The summed E-state index contributed by atoms with van der Waals surface area (Å²) >= 11 is 0. The van der Waals surface area contributed by atoms with Crippen molar-refractivity contribution in [1.29, 1.82) is 0 Å². The number of nitrogens with two attached hydrogens (primary N) is 1. The Morgan fingerprint density at radius 1 is 1.57 bits per heavy atom. The molecule has 1 amide bonds. The molecule has 0 unspecified atom stereocenters. The lowest BCUT2D eigenvalue weighted by Gasteiger charge is -2.19. The molecule has 0 heterocycles. The van der Waals surface area contributed by atoms with Gasteiger partial charge in [0.05, 0.1) is 6.54 Å². The highest BCUT2D eigenvalue weighted by Crippen LogP contribution is 1.90. The van der Waals surface area contributed by atoms with Crippen LogP contribution in [0.1, 0.15) is 13.8 Å². The fourth-order valence-corrected chi connectivity index (χ4v) is 0.884. The van der Waals surface area contributed by atoms with Gasteiger partial charge in [0.2, 0.25) is 5.91 Å². The van der Waals surface area contributed by atoms with Crippen LogP contribution in [0.25, 0.3) is 0 Å². The minimum atomic E-state index is -0.166. The first kappa shape index (κ1) is 12.7. The Morgan fingerprint density at radius 3 is 2.64 bits per heavy atom. The van der Waals surface area contributed by atoms with Crippen molar-refractivity contribution in [3.8, 4) is 0 Å². The molecule has 82 valence electrons. The van der Waals surface area contributed by atoms with Crippen molar-refractivity contribution in [2.24, 2.45) is 10.9 Å². The van der Waals surface area contributed by atoms with Crippen LogP contribution in [0.15, 0.2) is 5.16 Å². The van der Waals surface area contributed by atoms with E-state index in [4.69, 9.17) is 15.7 Å². The molecule has 0 fully saturated rings. The van der Waals surface area contributed by atoms with E-state index in [0.717, 1.165) is 0 Å². The summed E-state index contributed by atoms with van der Waals surface area (Å²) in [6.07, 6.45) is 0. The number of rotatable bonds is 6. The molecule has 0 aromatic heterocycles. The van der Waals surface area contributed by atoms with Crippen molar-refractivity contribution in [1.82, 2.24) is 4.90 Å². The molecule has 0 aliphatic carbocycles. The minimum absolute atomic E-state index is 0.0108. The fraction of sp³-hybridized carbons (Fsp3) is 0.750. The zero-order valence-corrected chi connectivity index (χ0v) is 8.56. The Kier molecular flexibility index (Phi) is 6.47. The van der Waals surface area contributed by atoms with Gasteiger partial charge in [-0.3, -0.25) is 4.79 Å². The molecule has 0 saturated carbocycles. The average molecular weight is 203 g/mol. The van der Waals surface area contributed by atoms with Crippen molar-refractivity contribution in [3.05, 3.63) is 0 Å². The van der Waals surface area contributed by atoms with Gasteiger partial charge < -0.3 is 20.6 Å². The molecule has 0 aliphatic heterocycles. The van der Waals surface area contributed by atoms with Gasteiger partial charge in [0.25, 0.3) is 0 Å². The van der Waals surface area contributed by atoms with Crippen LogP contribution in [0.4, 0.5) is 0 Å². The number of hydrogen-bond donors (Lipinski definition) is 2. The van der Waals surface area contributed by atoms with Gasteiger partial charge in [-0.2, -0.15) is 0 Å². The fourth-order valence-electron chi connectivity index (χ4n) is 0.884. The number of hydrogen-bond acceptors (Lipinski definition) is 4. The smallest absolute Gasteiger partial charge is 0.248 e. The van der Waals surface area contributed by atoms with Crippen LogP contribution in [0.2, 0.25) is 0 Å². The summed E-state index contributed by atoms with van der Waals surface area (Å²) < 4.78 is 4.96. The summed E-state index contributed by atoms with van der Waals surface area (Å²) in [5.74, 6) is -0.155. The van der Waals surface area contributed by atoms with Crippen molar-refractivity contribution >= 4 is 11.7 Å². The molecular weight excluding hydrogens is 186 g/mol. The third kappa shape index (κ3) is 4.66. The molecule has 14 heavy (non-hydrogen) atoms. The van der Waals surface area contributed by atoms with E-state index in [9.17, 15) is 4.79 Å². The molecule has 6 heteroatoms. The van der Waals surface area contributed by atoms with Crippen LogP contribution in [0, 0.1) is 0 Å². The third-order valence-corrected chi connectivity index (χ3v) is 1.65. The molecule has 6 nitrogen and oxygen atoms in total. The van der Waals surface area contributed by atoms with E-state index in [1.54, 1.807) is 0 Å². The van der Waals surface area contributed by atoms with Gasteiger partial charge in [-0.15, -0.1) is 0 Å². The van der Waals surface area contributed by atoms with E-state index in [1.807, 2.05) is 13.8 Å². The van der Waals surface area contributed by atoms with Gasteiger partial charge in [-0.1, -0.05) is 5.16 Å². The largest absolute Gasteiger partial charge is 0.409 e. The summed E-state index contributed by atoms with van der Waals surface area (Å²) in [6.45, 7) is 4.78. The predicted molar refractivity (Wildman–Crippen MR) is 52.2 cm³/mol. The highest BCUT2D eigenvalue weighted by Gasteiger charge is 2.12. The molecule has 0 bridgehead atoms. The van der Waals surface area contributed by atoms with Gasteiger partial charge in [-0.25, -0.2) is 0 Å². The summed E-state index contributed by atoms with van der Waals surface area (Å²) in [7, 11) is 0. The summed E-state index contributed by atoms with van der Waals surface area (Å²) in [4.78, 5) is 12.8. The first-order valence-electron chi connectivity index (χ1n) is 4.47. The second-order valence-corrected chi connectivity index (χ2v) is 2.64. The van der Waals surface area contributed by atoms with Crippen molar-refractivity contribution in [3.63, 3.8) is 0 Å². The number of likely N-dealkylation sites (N-methyl/N-ethyl adjacent to an activating group) is 1. The van der Waals surface area contributed by atoms with E-state index in [-0.39, 0.29) is 24.9 Å². The van der Waals surface area contributed by atoms with Crippen LogP contribution < -0.4 is 5.73 Å². The first-order valence-corrected chi connectivity index (χ1v) is 4.47. The molecule has 3 N–H and O–H groups in total. The number of amides is 1. The SMILES string of the molecule is CCOCC(=O)N(CC)CC(N)=NO. The average Bonchev–Trinajstić information content (AvgIpc) is 2.21. The Morgan fingerprint density at radius 2 is 2.21 bits per heavy atom. The number of nitrogens with zero attached hydrogens (tertiary/aromatic N) is 2. The molecular formula is C8H17N3O3. The zero-order chi connectivity index (χ0) is 11.0. The van der Waals surface area contributed by atoms with Crippen LogP contribution >= 0.6 is 0 Å². The molecule has 0 aliphatic rings. The van der Waals surface area contributed by atoms with Gasteiger partial charge in [0.1, 0.15) is 6.61 Å². The quantitative estimate of drug-likeness (QED) is 0.266. The topological polar surface area (TPSA) is 88.2 Å². The van der Waals surface area contributed by atoms with Gasteiger partial charge in [-0.05, 0) is 13.8 Å². The summed E-state index contributed by atoms with van der Waals surface area (Å²) in [5.41, 5.74) is 5.28. The lowest BCUT2D eigenvalue weighted by atomic mass is 10.4. The summed E-state index contributed by atoms with van der Waals surface area (Å²) in [6, 6.07) is 0. The lowest BCUT2D eigenvalue weighted by molar-refractivity contribution is -0.135. The van der Waals surface area contributed by atoms with Gasteiger partial charge in [0.15, 0.2) is 5.84 Å². The normalized spacial score (nSPS) is 11.4. The second kappa shape index (κ2) is 7.14. The van der Waals surface area contributed by atoms with E-state index in [2.05, 4.69) is 5.16 Å². The van der Waals surface area contributed by atoms with E-state index in [0.29, 0.717) is 13.2 Å². The van der Waals surface area contributed by atoms with E-state index < -0.39 is 0 Å². The monoisotopic (exact) mass is 203 g/mol. The van der Waals surface area contributed by atoms with Crippen LogP contribution in [0.5, 0.6) is 0 Å². The number of carbonyl (C=O) groups is 1. The lowest BCUT2D eigenvalue weighted by Crippen LogP contribution is -2.40. The van der Waals surface area contributed by atoms with Crippen molar-refractivity contribution in [2.45, 2.75) is 13.8 Å². The Hall–Kier alpha value is -1.30. The second-order valence-electron chi connectivity index (χ2n) is 2.64. The predicted octanol–water partition coefficient (Wildman–Crippen LogP) is -0.382.